The van der Waals surface area contributed by atoms with Crippen LogP contribution in [0.4, 0.5) is 16.0 Å². The van der Waals surface area contributed by atoms with Crippen LogP contribution in [0.3, 0.4) is 0 Å². The molecule has 9 nitrogen and oxygen atoms in total. The topological polar surface area (TPSA) is 118 Å². The highest BCUT2D eigenvalue weighted by Crippen LogP contribution is 2.40. The van der Waals surface area contributed by atoms with Crippen molar-refractivity contribution in [1.82, 2.24) is 20.3 Å². The maximum atomic E-state index is 15.4. The average Bonchev–Trinajstić information content (AvgIpc) is 3.01. The van der Waals surface area contributed by atoms with Gasteiger partial charge in [-0.25, -0.2) is 27.8 Å². The molecular formula is C32H31FN6O3S. The summed E-state index contributed by atoms with van der Waals surface area (Å²) in [7, 11) is -3.78. The Balaban J connectivity index is 1.33. The first-order valence-electron chi connectivity index (χ1n) is 14.1. The minimum atomic E-state index is -3.78. The molecule has 0 unspecified atom stereocenters. The highest BCUT2D eigenvalue weighted by atomic mass is 32.2. The van der Waals surface area contributed by atoms with E-state index in [0.29, 0.717) is 33.5 Å². The fraction of sp³-hybridized carbons (Fsp3) is 0.219. The maximum Gasteiger partial charge on any atom is 0.236 e. The zero-order chi connectivity index (χ0) is 29.8. The minimum Gasteiger partial charge on any atom is -0.437 e. The van der Waals surface area contributed by atoms with Crippen LogP contribution in [0, 0.1) is 12.7 Å². The minimum absolute atomic E-state index is 0.216. The lowest BCUT2D eigenvalue weighted by Gasteiger charge is -2.23. The van der Waals surface area contributed by atoms with Crippen molar-refractivity contribution < 1.29 is 17.5 Å². The summed E-state index contributed by atoms with van der Waals surface area (Å²) in [5, 5.41) is 7.66. The molecule has 0 bridgehead atoms. The lowest BCUT2D eigenvalue weighted by molar-refractivity contribution is 0.460. The summed E-state index contributed by atoms with van der Waals surface area (Å²) in [6.45, 7) is 3.46. The molecule has 3 N–H and O–H groups in total. The zero-order valence-corrected chi connectivity index (χ0v) is 24.4. The molecule has 43 heavy (non-hydrogen) atoms. The van der Waals surface area contributed by atoms with E-state index < -0.39 is 15.8 Å². The Morgan fingerprint density at radius 3 is 2.67 bits per heavy atom. The largest absolute Gasteiger partial charge is 0.437 e. The summed E-state index contributed by atoms with van der Waals surface area (Å²) in [4.78, 5) is 13.6. The molecule has 1 aliphatic heterocycles. The summed E-state index contributed by atoms with van der Waals surface area (Å²) in [5.74, 6) is 0.216. The van der Waals surface area contributed by atoms with Gasteiger partial charge in [-0.15, -0.1) is 0 Å². The van der Waals surface area contributed by atoms with Crippen LogP contribution in [0.5, 0.6) is 11.6 Å². The molecule has 1 saturated heterocycles. The monoisotopic (exact) mass is 598 g/mol. The Labute approximate surface area is 249 Å². The van der Waals surface area contributed by atoms with Gasteiger partial charge in [-0.2, -0.15) is 0 Å². The van der Waals surface area contributed by atoms with Crippen molar-refractivity contribution >= 4 is 32.4 Å². The molecule has 0 spiro atoms. The van der Waals surface area contributed by atoms with Crippen molar-refractivity contribution in [2.24, 2.45) is 0 Å². The SMILES string of the molecule is Cc1c(F)cc2c(NS(=O)(=O)Cc3ccccc3)cccc2c1Oc1ncccc1-c1ccnc(N[C@H]2CCCNC2)n1. The molecule has 5 aromatic rings. The fourth-order valence-electron chi connectivity index (χ4n) is 5.18. The molecule has 3 heterocycles. The number of nitrogens with zero attached hydrogens (tertiary/aromatic N) is 3. The lowest BCUT2D eigenvalue weighted by Crippen LogP contribution is -2.38. The second-order valence-corrected chi connectivity index (χ2v) is 12.2. The standard InChI is InChI=1S/C32H31FN6O3S/c1-21-27(33)18-26-24(11-5-13-29(26)39-43(40,41)20-22-8-3-2-4-9-22)30(21)42-31-25(12-7-16-35-31)28-14-17-36-32(38-28)37-23-10-6-15-34-19-23/h2-5,7-9,11-14,16-18,23,34,39H,6,10,15,19-20H2,1H3,(H,36,37,38)/t23-/m0/s1. The molecule has 0 amide bonds. The van der Waals surface area contributed by atoms with Crippen molar-refractivity contribution in [1.29, 1.82) is 0 Å². The number of aromatic nitrogens is 3. The van der Waals surface area contributed by atoms with Crippen molar-refractivity contribution in [2.75, 3.05) is 23.1 Å². The predicted molar refractivity (Wildman–Crippen MR) is 166 cm³/mol. The Kier molecular flexibility index (Phi) is 8.17. The van der Waals surface area contributed by atoms with E-state index in [-0.39, 0.29) is 34.7 Å². The average molecular weight is 599 g/mol. The third-order valence-corrected chi connectivity index (χ3v) is 8.56. The van der Waals surface area contributed by atoms with E-state index in [2.05, 4.69) is 25.3 Å². The lowest BCUT2D eigenvalue weighted by atomic mass is 10.0. The van der Waals surface area contributed by atoms with Gasteiger partial charge < -0.3 is 15.4 Å². The summed E-state index contributed by atoms with van der Waals surface area (Å²) in [5.41, 5.74) is 2.36. The highest BCUT2D eigenvalue weighted by molar-refractivity contribution is 7.91. The first-order chi connectivity index (χ1) is 20.9. The van der Waals surface area contributed by atoms with Crippen LogP contribution in [0.25, 0.3) is 22.0 Å². The summed E-state index contributed by atoms with van der Waals surface area (Å²) < 4.78 is 50.4. The van der Waals surface area contributed by atoms with Crippen LogP contribution in [-0.4, -0.2) is 42.5 Å². The van der Waals surface area contributed by atoms with Gasteiger partial charge in [0, 0.05) is 41.3 Å². The quantitative estimate of drug-likeness (QED) is 0.188. The van der Waals surface area contributed by atoms with E-state index in [0.717, 1.165) is 25.9 Å². The number of ether oxygens (including phenoxy) is 1. The third-order valence-electron chi connectivity index (χ3n) is 7.32. The second-order valence-electron chi connectivity index (χ2n) is 10.5. The van der Waals surface area contributed by atoms with Crippen LogP contribution >= 0.6 is 0 Å². The van der Waals surface area contributed by atoms with Crippen LogP contribution < -0.4 is 20.1 Å². The smallest absolute Gasteiger partial charge is 0.236 e. The number of benzene rings is 3. The molecule has 1 fully saturated rings. The Morgan fingerprint density at radius 1 is 1.00 bits per heavy atom. The van der Waals surface area contributed by atoms with E-state index in [4.69, 9.17) is 9.72 Å². The summed E-state index contributed by atoms with van der Waals surface area (Å²) in [6.07, 6.45) is 5.37. The molecule has 11 heteroatoms. The number of pyridine rings is 1. The first-order valence-corrected chi connectivity index (χ1v) is 15.7. The maximum absolute atomic E-state index is 15.4. The molecule has 0 aliphatic carbocycles. The van der Waals surface area contributed by atoms with Crippen LogP contribution in [0.1, 0.15) is 24.0 Å². The Bertz CT molecular complexity index is 1860. The van der Waals surface area contributed by atoms with Crippen molar-refractivity contribution in [3.63, 3.8) is 0 Å². The molecule has 220 valence electrons. The second kappa shape index (κ2) is 12.3. The van der Waals surface area contributed by atoms with E-state index >= 15 is 4.39 Å². The fourth-order valence-corrected chi connectivity index (χ4v) is 6.40. The number of hydrogen-bond donors (Lipinski definition) is 3. The molecule has 0 saturated carbocycles. The van der Waals surface area contributed by atoms with Crippen LogP contribution in [0.15, 0.2) is 85.2 Å². The van der Waals surface area contributed by atoms with Gasteiger partial charge in [-0.05, 0) is 62.2 Å². The molecule has 0 radical (unpaired) electrons. The van der Waals surface area contributed by atoms with Gasteiger partial charge in [0.1, 0.15) is 11.6 Å². The van der Waals surface area contributed by atoms with Crippen molar-refractivity contribution in [3.8, 4) is 22.9 Å². The van der Waals surface area contributed by atoms with Crippen molar-refractivity contribution in [2.45, 2.75) is 31.6 Å². The van der Waals surface area contributed by atoms with E-state index in [1.54, 1.807) is 73.9 Å². The summed E-state index contributed by atoms with van der Waals surface area (Å²) in [6, 6.07) is 20.9. The number of sulfonamides is 1. The number of halogens is 1. The number of fused-ring (bicyclic) bond motifs is 1. The van der Waals surface area contributed by atoms with Crippen LogP contribution in [-0.2, 0) is 15.8 Å². The zero-order valence-electron chi connectivity index (χ0n) is 23.5. The molecular weight excluding hydrogens is 567 g/mol. The van der Waals surface area contributed by atoms with Gasteiger partial charge >= 0.3 is 0 Å². The molecule has 1 aliphatic rings. The van der Waals surface area contributed by atoms with Gasteiger partial charge in [0.05, 0.1) is 22.7 Å². The van der Waals surface area contributed by atoms with E-state index in [1.165, 1.54) is 6.07 Å². The van der Waals surface area contributed by atoms with Gasteiger partial charge in [0.25, 0.3) is 0 Å². The first kappa shape index (κ1) is 28.5. The van der Waals surface area contributed by atoms with Gasteiger partial charge in [-0.1, -0.05) is 42.5 Å². The van der Waals surface area contributed by atoms with Gasteiger partial charge in [-0.3, -0.25) is 4.72 Å². The number of anilines is 2. The summed E-state index contributed by atoms with van der Waals surface area (Å²) >= 11 is 0. The number of rotatable bonds is 9. The Morgan fingerprint density at radius 2 is 1.86 bits per heavy atom. The number of piperidine rings is 1. The van der Waals surface area contributed by atoms with Crippen molar-refractivity contribution in [3.05, 3.63) is 102 Å². The van der Waals surface area contributed by atoms with E-state index in [9.17, 15) is 8.42 Å². The number of hydrogen-bond acceptors (Lipinski definition) is 8. The van der Waals surface area contributed by atoms with E-state index in [1.807, 2.05) is 12.1 Å². The number of nitrogens with one attached hydrogen (secondary N) is 3. The van der Waals surface area contributed by atoms with Gasteiger partial charge in [0.15, 0.2) is 0 Å². The molecule has 2 aromatic heterocycles. The van der Waals surface area contributed by atoms with Crippen LogP contribution in [0.2, 0.25) is 0 Å². The molecule has 1 atom stereocenters. The van der Waals surface area contributed by atoms with Gasteiger partial charge in [0.2, 0.25) is 21.9 Å². The Hall–Kier alpha value is -4.61. The highest BCUT2D eigenvalue weighted by Gasteiger charge is 2.21. The predicted octanol–water partition coefficient (Wildman–Crippen LogP) is 6.04. The molecule has 6 rings (SSSR count). The normalized spacial score (nSPS) is 15.3. The molecule has 3 aromatic carbocycles. The third kappa shape index (κ3) is 6.58.